The lowest BCUT2D eigenvalue weighted by Crippen LogP contribution is -2.42. The highest BCUT2D eigenvalue weighted by Crippen LogP contribution is 2.45. The molecule has 3 heterocycles. The van der Waals surface area contributed by atoms with Gasteiger partial charge in [-0.05, 0) is 57.2 Å². The van der Waals surface area contributed by atoms with Crippen LogP contribution in [0, 0.1) is 0 Å². The van der Waals surface area contributed by atoms with Gasteiger partial charge in [0.25, 0.3) is 0 Å². The van der Waals surface area contributed by atoms with E-state index in [0.29, 0.717) is 0 Å². The molecule has 0 N–H and O–H groups in total. The van der Waals surface area contributed by atoms with Gasteiger partial charge in [-0.25, -0.2) is 0 Å². The highest BCUT2D eigenvalue weighted by molar-refractivity contribution is 6.23. The first kappa shape index (κ1) is 17.9. The molecule has 0 aliphatic carbocycles. The molecule has 3 heteroatoms. The number of hydrogen-bond donors (Lipinski definition) is 0. The minimum Gasteiger partial charge on any atom is -0.347 e. The van der Waals surface area contributed by atoms with E-state index in [1.165, 1.54) is 55.2 Å². The second-order valence-corrected chi connectivity index (χ2v) is 9.91. The van der Waals surface area contributed by atoms with Crippen molar-refractivity contribution in [2.45, 2.75) is 26.3 Å². The highest BCUT2D eigenvalue weighted by atomic mass is 15.4. The van der Waals surface area contributed by atoms with Crippen molar-refractivity contribution >= 4 is 55.2 Å². The van der Waals surface area contributed by atoms with Crippen molar-refractivity contribution in [2.24, 2.45) is 0 Å². The zero-order valence-corrected chi connectivity index (χ0v) is 18.6. The molecule has 0 saturated carbocycles. The van der Waals surface area contributed by atoms with Crippen LogP contribution in [0.1, 0.15) is 20.8 Å². The normalized spacial score (nSPS) is 14.5. The first-order valence-corrected chi connectivity index (χ1v) is 11.3. The van der Waals surface area contributed by atoms with Gasteiger partial charge in [-0.15, -0.1) is 0 Å². The lowest BCUT2D eigenvalue weighted by atomic mass is 10.1. The van der Waals surface area contributed by atoms with E-state index in [0.717, 1.165) is 6.67 Å². The first-order valence-electron chi connectivity index (χ1n) is 11.3. The molecule has 0 saturated heterocycles. The molecule has 1 aliphatic rings. The van der Waals surface area contributed by atoms with Gasteiger partial charge in [-0.1, -0.05) is 48.5 Å². The van der Waals surface area contributed by atoms with Crippen molar-refractivity contribution in [3.63, 3.8) is 0 Å². The van der Waals surface area contributed by atoms with Crippen LogP contribution in [-0.2, 0) is 0 Å². The van der Waals surface area contributed by atoms with Crippen LogP contribution in [0.5, 0.6) is 0 Å². The average molecular weight is 416 g/mol. The molecule has 0 fully saturated rings. The van der Waals surface area contributed by atoms with E-state index in [1.807, 2.05) is 0 Å². The van der Waals surface area contributed by atoms with Gasteiger partial charge in [0.15, 0.2) is 0 Å². The third-order valence-corrected chi connectivity index (χ3v) is 7.07. The summed E-state index contributed by atoms with van der Waals surface area (Å²) in [5, 5.41) is 5.31. The van der Waals surface area contributed by atoms with Gasteiger partial charge in [0.05, 0.1) is 34.6 Å². The molecule has 0 atom stereocenters. The van der Waals surface area contributed by atoms with Crippen molar-refractivity contribution in [3.8, 4) is 0 Å². The minimum atomic E-state index is 0.0599. The average Bonchev–Trinajstić information content (AvgIpc) is 3.45. The van der Waals surface area contributed by atoms with Crippen molar-refractivity contribution in [1.82, 2.24) is 4.40 Å². The molecular formula is C29H25N3. The summed E-state index contributed by atoms with van der Waals surface area (Å²) in [5.41, 5.74) is 7.79. The van der Waals surface area contributed by atoms with Gasteiger partial charge in [-0.2, -0.15) is 0 Å². The molecule has 4 aromatic carbocycles. The molecule has 1 aliphatic heterocycles. The van der Waals surface area contributed by atoms with Crippen molar-refractivity contribution in [3.05, 3.63) is 84.9 Å². The summed E-state index contributed by atoms with van der Waals surface area (Å²) in [6, 6.07) is 31.2. The van der Waals surface area contributed by atoms with Gasteiger partial charge < -0.3 is 14.2 Å². The summed E-state index contributed by atoms with van der Waals surface area (Å²) in [6.45, 7) is 7.72. The molecule has 6 aromatic rings. The number of anilines is 3. The number of rotatable bonds is 1. The summed E-state index contributed by atoms with van der Waals surface area (Å²) in [6.07, 6.45) is 0. The van der Waals surface area contributed by atoms with E-state index in [2.05, 4.69) is 120 Å². The van der Waals surface area contributed by atoms with Crippen LogP contribution in [-0.4, -0.2) is 16.6 Å². The molecule has 0 radical (unpaired) electrons. The second-order valence-electron chi connectivity index (χ2n) is 9.91. The molecule has 3 nitrogen and oxygen atoms in total. The lowest BCUT2D eigenvalue weighted by Gasteiger charge is -2.34. The first-order chi connectivity index (χ1) is 15.5. The molecular weight excluding hydrogens is 390 g/mol. The molecule has 0 amide bonds. The molecule has 0 unspecified atom stereocenters. The Morgan fingerprint density at radius 2 is 1.28 bits per heavy atom. The molecule has 32 heavy (non-hydrogen) atoms. The van der Waals surface area contributed by atoms with Gasteiger partial charge in [-0.3, -0.25) is 0 Å². The van der Waals surface area contributed by atoms with Gasteiger partial charge in [0.1, 0.15) is 0 Å². The third-order valence-electron chi connectivity index (χ3n) is 7.07. The molecule has 2 aromatic heterocycles. The Kier molecular flexibility index (Phi) is 3.33. The topological polar surface area (TPSA) is 10.9 Å². The van der Waals surface area contributed by atoms with Crippen molar-refractivity contribution in [2.75, 3.05) is 16.5 Å². The molecule has 7 rings (SSSR count). The number of para-hydroxylation sites is 4. The van der Waals surface area contributed by atoms with Crippen LogP contribution in [0.4, 0.5) is 17.1 Å². The van der Waals surface area contributed by atoms with Crippen LogP contribution in [0.3, 0.4) is 0 Å². The van der Waals surface area contributed by atoms with E-state index < -0.39 is 0 Å². The van der Waals surface area contributed by atoms with E-state index in [-0.39, 0.29) is 5.54 Å². The molecule has 0 spiro atoms. The molecule has 0 bridgehead atoms. The van der Waals surface area contributed by atoms with Gasteiger partial charge in [0.2, 0.25) is 0 Å². The Morgan fingerprint density at radius 3 is 2.09 bits per heavy atom. The number of benzene rings is 4. The number of aromatic nitrogens is 1. The maximum atomic E-state index is 2.49. The smallest absolute Gasteiger partial charge is 0.0958 e. The lowest BCUT2D eigenvalue weighted by molar-refractivity contribution is 0.518. The van der Waals surface area contributed by atoms with Gasteiger partial charge in [0, 0.05) is 32.8 Å². The van der Waals surface area contributed by atoms with Crippen LogP contribution in [0.2, 0.25) is 0 Å². The highest BCUT2D eigenvalue weighted by Gasteiger charge is 2.33. The second kappa shape index (κ2) is 5.95. The Morgan fingerprint density at radius 1 is 0.625 bits per heavy atom. The maximum Gasteiger partial charge on any atom is 0.0958 e. The van der Waals surface area contributed by atoms with E-state index in [4.69, 9.17) is 0 Å². The maximum absolute atomic E-state index is 2.49. The molecule has 156 valence electrons. The Bertz CT molecular complexity index is 1650. The summed E-state index contributed by atoms with van der Waals surface area (Å²) < 4.78 is 2.44. The summed E-state index contributed by atoms with van der Waals surface area (Å²) in [7, 11) is 0. The standard InChI is InChI=1S/C29H25N3/c1-29(2,3)31-18-30(26-13-6-7-14-27(26)31)19-15-16-25-23(17-19)22-11-8-10-21-20-9-4-5-12-24(20)32(25)28(21)22/h4-17H,18H2,1-3H3. The van der Waals surface area contributed by atoms with Gasteiger partial charge >= 0.3 is 0 Å². The SMILES string of the molecule is CC(C)(C)N1CN(c2ccc3c(c2)c2cccc4c5ccccc5n3c42)c2ccccc21. The van der Waals surface area contributed by atoms with E-state index in [9.17, 15) is 0 Å². The zero-order chi connectivity index (χ0) is 21.6. The van der Waals surface area contributed by atoms with Crippen LogP contribution in [0.25, 0.3) is 38.1 Å². The predicted molar refractivity (Wildman–Crippen MR) is 137 cm³/mol. The fraction of sp³-hybridized carbons (Fsp3) is 0.172. The van der Waals surface area contributed by atoms with E-state index in [1.54, 1.807) is 0 Å². The number of fused-ring (bicyclic) bond motifs is 7. The Hall–Kier alpha value is -3.72. The zero-order valence-electron chi connectivity index (χ0n) is 18.6. The number of hydrogen-bond acceptors (Lipinski definition) is 2. The third kappa shape index (κ3) is 2.20. The van der Waals surface area contributed by atoms with Crippen LogP contribution < -0.4 is 9.80 Å². The van der Waals surface area contributed by atoms with E-state index >= 15 is 0 Å². The van der Waals surface area contributed by atoms with Crippen LogP contribution in [0.15, 0.2) is 84.9 Å². The van der Waals surface area contributed by atoms with Crippen molar-refractivity contribution in [1.29, 1.82) is 0 Å². The fourth-order valence-corrected chi connectivity index (χ4v) is 5.60. The fourth-order valence-electron chi connectivity index (χ4n) is 5.60. The number of nitrogens with zero attached hydrogens (tertiary/aromatic N) is 3. The minimum absolute atomic E-state index is 0.0599. The Labute approximate surface area is 187 Å². The summed E-state index contributed by atoms with van der Waals surface area (Å²) in [5.74, 6) is 0. The summed E-state index contributed by atoms with van der Waals surface area (Å²) in [4.78, 5) is 4.94. The van der Waals surface area contributed by atoms with Crippen molar-refractivity contribution < 1.29 is 0 Å². The Balaban J connectivity index is 1.49. The van der Waals surface area contributed by atoms with Crippen LogP contribution >= 0.6 is 0 Å². The predicted octanol–water partition coefficient (Wildman–Crippen LogP) is 7.55. The summed E-state index contributed by atoms with van der Waals surface area (Å²) >= 11 is 0. The monoisotopic (exact) mass is 415 g/mol. The largest absolute Gasteiger partial charge is 0.347 e. The quantitative estimate of drug-likeness (QED) is 0.274.